The van der Waals surface area contributed by atoms with Crippen LogP contribution in [0.15, 0.2) is 6.07 Å². The first kappa shape index (κ1) is 15.8. The summed E-state index contributed by atoms with van der Waals surface area (Å²) >= 11 is 0. The van der Waals surface area contributed by atoms with Gasteiger partial charge in [-0.2, -0.15) is 18.3 Å². The number of nitrogens with one attached hydrogen (secondary N) is 1. The molecule has 0 radical (unpaired) electrons. The molecule has 1 spiro atoms. The van der Waals surface area contributed by atoms with Crippen molar-refractivity contribution in [1.29, 1.82) is 0 Å². The second kappa shape index (κ2) is 5.24. The minimum absolute atomic E-state index is 0.0112. The minimum Gasteiger partial charge on any atom is -0.345 e. The first-order chi connectivity index (χ1) is 10.7. The molecule has 2 aliphatic rings. The van der Waals surface area contributed by atoms with E-state index in [1.807, 2.05) is 5.10 Å². The number of halogens is 3. The smallest absolute Gasteiger partial charge is 0.345 e. The molecule has 0 aromatic carbocycles. The molecule has 3 heterocycles. The fourth-order valence-corrected chi connectivity index (χ4v) is 3.43. The molecule has 1 aromatic heterocycles. The predicted octanol–water partition coefficient (Wildman–Crippen LogP) is 1.51. The summed E-state index contributed by atoms with van der Waals surface area (Å²) in [7, 11) is 1.73. The lowest BCUT2D eigenvalue weighted by Gasteiger charge is -2.37. The van der Waals surface area contributed by atoms with Gasteiger partial charge in [0, 0.05) is 32.7 Å². The van der Waals surface area contributed by atoms with Crippen molar-refractivity contribution < 1.29 is 22.8 Å². The number of carbonyl (C=O) groups is 2. The van der Waals surface area contributed by atoms with Crippen LogP contribution in [0.3, 0.4) is 0 Å². The van der Waals surface area contributed by atoms with Crippen molar-refractivity contribution in [2.75, 3.05) is 26.7 Å². The van der Waals surface area contributed by atoms with E-state index < -0.39 is 23.2 Å². The van der Waals surface area contributed by atoms with Crippen LogP contribution in [0, 0.1) is 5.41 Å². The highest BCUT2D eigenvalue weighted by Crippen LogP contribution is 2.40. The third kappa shape index (κ3) is 2.68. The summed E-state index contributed by atoms with van der Waals surface area (Å²) in [5.74, 6) is -0.563. The van der Waals surface area contributed by atoms with Gasteiger partial charge in [0.05, 0.1) is 5.41 Å². The van der Waals surface area contributed by atoms with Gasteiger partial charge in [-0.25, -0.2) is 0 Å². The zero-order valence-corrected chi connectivity index (χ0v) is 12.6. The topological polar surface area (TPSA) is 69.3 Å². The third-order valence-electron chi connectivity index (χ3n) is 4.69. The molecule has 9 heteroatoms. The number of amides is 2. The normalized spacial score (nSPS) is 25.5. The summed E-state index contributed by atoms with van der Waals surface area (Å²) < 4.78 is 37.7. The molecule has 0 aliphatic carbocycles. The number of aromatic amines is 1. The number of likely N-dealkylation sites (tertiary alicyclic amines) is 2. The van der Waals surface area contributed by atoms with E-state index in [1.54, 1.807) is 11.9 Å². The molecule has 2 amide bonds. The molecule has 1 N–H and O–H groups in total. The number of H-pyrrole nitrogens is 1. The van der Waals surface area contributed by atoms with Crippen LogP contribution in [-0.2, 0) is 11.0 Å². The zero-order valence-electron chi connectivity index (χ0n) is 12.6. The maximum absolute atomic E-state index is 12.6. The molecular formula is C14H17F3N4O2. The average Bonchev–Trinajstić information content (AvgIpc) is 3.12. The summed E-state index contributed by atoms with van der Waals surface area (Å²) in [6.45, 7) is 1.29. The average molecular weight is 330 g/mol. The van der Waals surface area contributed by atoms with Crippen LogP contribution in [-0.4, -0.2) is 58.5 Å². The highest BCUT2D eigenvalue weighted by Gasteiger charge is 2.49. The van der Waals surface area contributed by atoms with Crippen LogP contribution in [0.25, 0.3) is 0 Å². The van der Waals surface area contributed by atoms with Gasteiger partial charge in [0.1, 0.15) is 5.69 Å². The molecule has 2 fully saturated rings. The molecule has 2 aliphatic heterocycles. The Morgan fingerprint density at radius 3 is 2.74 bits per heavy atom. The molecule has 1 atom stereocenters. The van der Waals surface area contributed by atoms with Crippen molar-refractivity contribution in [3.8, 4) is 0 Å². The lowest BCUT2D eigenvalue weighted by molar-refractivity contribution is -0.143. The Labute approximate surface area is 130 Å². The van der Waals surface area contributed by atoms with Crippen molar-refractivity contribution in [1.82, 2.24) is 20.0 Å². The van der Waals surface area contributed by atoms with Crippen LogP contribution >= 0.6 is 0 Å². The summed E-state index contributed by atoms with van der Waals surface area (Å²) in [6.07, 6.45) is -2.46. The van der Waals surface area contributed by atoms with Crippen LogP contribution in [0.1, 0.15) is 35.4 Å². The molecule has 0 bridgehead atoms. The largest absolute Gasteiger partial charge is 0.432 e. The molecular weight excluding hydrogens is 313 g/mol. The molecule has 2 saturated heterocycles. The van der Waals surface area contributed by atoms with Gasteiger partial charge in [0.2, 0.25) is 5.91 Å². The van der Waals surface area contributed by atoms with E-state index in [2.05, 4.69) is 5.10 Å². The monoisotopic (exact) mass is 330 g/mol. The van der Waals surface area contributed by atoms with E-state index >= 15 is 0 Å². The lowest BCUT2D eigenvalue weighted by atomic mass is 9.78. The molecule has 6 nitrogen and oxygen atoms in total. The minimum atomic E-state index is -4.57. The molecule has 3 rings (SSSR count). The van der Waals surface area contributed by atoms with Crippen LogP contribution in [0.5, 0.6) is 0 Å². The van der Waals surface area contributed by atoms with Gasteiger partial charge in [-0.15, -0.1) is 0 Å². The number of alkyl halides is 3. The van der Waals surface area contributed by atoms with Crippen LogP contribution < -0.4 is 0 Å². The number of hydrogen-bond acceptors (Lipinski definition) is 3. The summed E-state index contributed by atoms with van der Waals surface area (Å²) in [4.78, 5) is 27.8. The number of rotatable bonds is 1. The Kier molecular flexibility index (Phi) is 3.61. The van der Waals surface area contributed by atoms with Gasteiger partial charge in [0.25, 0.3) is 5.91 Å². The van der Waals surface area contributed by atoms with Gasteiger partial charge >= 0.3 is 6.18 Å². The highest BCUT2D eigenvalue weighted by molar-refractivity contribution is 5.94. The Bertz CT molecular complexity index is 642. The molecule has 1 unspecified atom stereocenters. The van der Waals surface area contributed by atoms with E-state index in [1.165, 1.54) is 4.90 Å². The fraction of sp³-hybridized carbons (Fsp3) is 0.643. The van der Waals surface area contributed by atoms with Crippen LogP contribution in [0.4, 0.5) is 13.2 Å². The van der Waals surface area contributed by atoms with Crippen molar-refractivity contribution in [2.45, 2.75) is 25.4 Å². The predicted molar refractivity (Wildman–Crippen MR) is 73.4 cm³/mol. The Morgan fingerprint density at radius 2 is 2.09 bits per heavy atom. The van der Waals surface area contributed by atoms with Gasteiger partial charge < -0.3 is 9.80 Å². The van der Waals surface area contributed by atoms with E-state index in [4.69, 9.17) is 0 Å². The number of nitrogens with zero attached hydrogens (tertiary/aromatic N) is 3. The Balaban J connectivity index is 1.75. The van der Waals surface area contributed by atoms with Crippen molar-refractivity contribution in [3.63, 3.8) is 0 Å². The van der Waals surface area contributed by atoms with E-state index in [9.17, 15) is 22.8 Å². The zero-order chi connectivity index (χ0) is 16.8. The van der Waals surface area contributed by atoms with Gasteiger partial charge in [-0.3, -0.25) is 14.7 Å². The number of aromatic nitrogens is 2. The molecule has 0 saturated carbocycles. The van der Waals surface area contributed by atoms with Crippen LogP contribution in [0.2, 0.25) is 0 Å². The first-order valence-electron chi connectivity index (χ1n) is 7.40. The number of piperidine rings is 1. The quantitative estimate of drug-likeness (QED) is 0.849. The maximum Gasteiger partial charge on any atom is 0.432 e. The number of carbonyl (C=O) groups excluding carboxylic acids is 2. The number of hydrogen-bond donors (Lipinski definition) is 1. The Morgan fingerprint density at radius 1 is 1.35 bits per heavy atom. The molecule has 1 aromatic rings. The SMILES string of the molecule is CN1CCCC2(CCN(C(=O)c3cc(C(F)(F)F)[nH]n3)C2)C1=O. The van der Waals surface area contributed by atoms with Crippen molar-refractivity contribution >= 4 is 11.8 Å². The highest BCUT2D eigenvalue weighted by atomic mass is 19.4. The second-order valence-corrected chi connectivity index (χ2v) is 6.25. The molecule has 126 valence electrons. The van der Waals surface area contributed by atoms with Gasteiger partial charge in [-0.05, 0) is 19.3 Å². The Hall–Kier alpha value is -2.06. The maximum atomic E-state index is 12.6. The second-order valence-electron chi connectivity index (χ2n) is 6.25. The van der Waals surface area contributed by atoms with E-state index in [-0.39, 0.29) is 18.1 Å². The van der Waals surface area contributed by atoms with Crippen molar-refractivity contribution in [3.05, 3.63) is 17.5 Å². The van der Waals surface area contributed by atoms with E-state index in [0.29, 0.717) is 32.0 Å². The lowest BCUT2D eigenvalue weighted by Crippen LogP contribution is -2.48. The first-order valence-corrected chi connectivity index (χ1v) is 7.40. The third-order valence-corrected chi connectivity index (χ3v) is 4.69. The molecule has 23 heavy (non-hydrogen) atoms. The van der Waals surface area contributed by atoms with Gasteiger partial charge in [0.15, 0.2) is 5.69 Å². The standard InChI is InChI=1S/C14H17F3N4O2/c1-20-5-2-3-13(12(20)23)4-6-21(8-13)11(22)9-7-10(19-18-9)14(15,16)17/h7H,2-6,8H2,1H3,(H,18,19). The summed E-state index contributed by atoms with van der Waals surface area (Å²) in [5, 5.41) is 5.30. The summed E-state index contributed by atoms with van der Waals surface area (Å²) in [5.41, 5.74) is -1.92. The van der Waals surface area contributed by atoms with E-state index in [0.717, 1.165) is 6.42 Å². The van der Waals surface area contributed by atoms with Gasteiger partial charge in [-0.1, -0.05) is 0 Å². The fourth-order valence-electron chi connectivity index (χ4n) is 3.43. The van der Waals surface area contributed by atoms with Crippen molar-refractivity contribution in [2.24, 2.45) is 5.41 Å². The summed E-state index contributed by atoms with van der Waals surface area (Å²) in [6, 6.07) is 0.710.